The van der Waals surface area contributed by atoms with Gasteiger partial charge in [0.1, 0.15) is 0 Å². The summed E-state index contributed by atoms with van der Waals surface area (Å²) in [4.78, 5) is 26.7. The van der Waals surface area contributed by atoms with E-state index >= 15 is 0 Å². The Balaban J connectivity index is 1.71. The fraction of sp³-hybridized carbons (Fsp3) is 0.318. The van der Waals surface area contributed by atoms with Crippen LogP contribution in [0.15, 0.2) is 36.4 Å². The van der Waals surface area contributed by atoms with Crippen LogP contribution in [-0.4, -0.2) is 48.0 Å². The Kier molecular flexibility index (Phi) is 5.63. The van der Waals surface area contributed by atoms with Crippen molar-refractivity contribution >= 4 is 54.1 Å². The van der Waals surface area contributed by atoms with Gasteiger partial charge >= 0.3 is 0 Å². The highest BCUT2D eigenvalue weighted by Gasteiger charge is 2.24. The van der Waals surface area contributed by atoms with Crippen LogP contribution in [0, 0.1) is 13.8 Å². The number of para-hydroxylation sites is 1. The molecule has 5 nitrogen and oxygen atoms in total. The molecule has 0 bridgehead atoms. The molecule has 2 heterocycles. The molecule has 0 aliphatic heterocycles. The summed E-state index contributed by atoms with van der Waals surface area (Å²) >= 11 is 3.02. The molecular formula is C22H24N4OS2. The van der Waals surface area contributed by atoms with Gasteiger partial charge in [-0.2, -0.15) is 0 Å². The van der Waals surface area contributed by atoms with E-state index in [2.05, 4.69) is 35.9 Å². The van der Waals surface area contributed by atoms with Gasteiger partial charge in [-0.3, -0.25) is 9.69 Å². The second-order valence-corrected chi connectivity index (χ2v) is 9.54. The Morgan fingerprint density at radius 2 is 1.69 bits per heavy atom. The molecule has 4 rings (SSSR count). The first-order valence-electron chi connectivity index (χ1n) is 9.62. The van der Waals surface area contributed by atoms with Crippen molar-refractivity contribution in [2.45, 2.75) is 20.3 Å². The number of hydrogen-bond donors (Lipinski definition) is 0. The highest BCUT2D eigenvalue weighted by atomic mass is 32.1. The van der Waals surface area contributed by atoms with E-state index in [-0.39, 0.29) is 5.91 Å². The number of fused-ring (bicyclic) bond motifs is 2. The first-order chi connectivity index (χ1) is 13.9. The van der Waals surface area contributed by atoms with Crippen LogP contribution >= 0.6 is 22.7 Å². The fourth-order valence-corrected chi connectivity index (χ4v) is 5.18. The van der Waals surface area contributed by atoms with Crippen LogP contribution in [-0.2, 0) is 0 Å². The summed E-state index contributed by atoms with van der Waals surface area (Å²) in [6, 6.07) is 12.1. The van der Waals surface area contributed by atoms with Gasteiger partial charge in [-0.25, -0.2) is 9.97 Å². The topological polar surface area (TPSA) is 49.3 Å². The van der Waals surface area contributed by atoms with Crippen molar-refractivity contribution in [3.8, 4) is 0 Å². The van der Waals surface area contributed by atoms with Crippen molar-refractivity contribution in [2.75, 3.05) is 32.1 Å². The van der Waals surface area contributed by atoms with Crippen molar-refractivity contribution in [1.82, 2.24) is 14.9 Å². The van der Waals surface area contributed by atoms with E-state index in [0.29, 0.717) is 11.6 Å². The van der Waals surface area contributed by atoms with Crippen molar-refractivity contribution in [3.63, 3.8) is 0 Å². The first-order valence-corrected chi connectivity index (χ1v) is 11.3. The highest BCUT2D eigenvalue weighted by Crippen LogP contribution is 2.32. The number of hydrogen-bond acceptors (Lipinski definition) is 6. The predicted octanol–water partition coefficient (Wildman–Crippen LogP) is 5.12. The average molecular weight is 425 g/mol. The number of carbonyl (C=O) groups excluding carboxylic acids is 1. The van der Waals surface area contributed by atoms with Crippen LogP contribution in [0.1, 0.15) is 27.3 Å². The van der Waals surface area contributed by atoms with Crippen molar-refractivity contribution in [1.29, 1.82) is 0 Å². The standard InChI is InChI=1S/C22H24N4OS2/c1-14-12-17-19(13-15(14)2)29-22(24-17)26(11-7-10-25(3)4)21(27)20-23-16-8-5-6-9-18(16)28-20/h5-6,8-9,12-13H,7,10-11H2,1-4H3. The maximum absolute atomic E-state index is 13.4. The molecule has 0 N–H and O–H groups in total. The van der Waals surface area contributed by atoms with Crippen LogP contribution in [0.4, 0.5) is 5.13 Å². The summed E-state index contributed by atoms with van der Waals surface area (Å²) in [6.07, 6.45) is 0.873. The zero-order valence-electron chi connectivity index (χ0n) is 17.1. The normalized spacial score (nSPS) is 11.6. The molecule has 2 aromatic heterocycles. The minimum atomic E-state index is -0.0718. The monoisotopic (exact) mass is 424 g/mol. The molecule has 1 amide bonds. The van der Waals surface area contributed by atoms with E-state index in [1.165, 1.54) is 22.5 Å². The number of anilines is 1. The van der Waals surface area contributed by atoms with E-state index in [4.69, 9.17) is 4.98 Å². The summed E-state index contributed by atoms with van der Waals surface area (Å²) < 4.78 is 2.14. The van der Waals surface area contributed by atoms with E-state index in [1.54, 1.807) is 16.2 Å². The molecule has 150 valence electrons. The van der Waals surface area contributed by atoms with Gasteiger partial charge in [0.15, 0.2) is 10.1 Å². The third kappa shape index (κ3) is 4.17. The fourth-order valence-electron chi connectivity index (χ4n) is 3.19. The maximum atomic E-state index is 13.4. The number of nitrogens with zero attached hydrogens (tertiary/aromatic N) is 4. The van der Waals surface area contributed by atoms with E-state index in [9.17, 15) is 4.79 Å². The number of carbonyl (C=O) groups is 1. The smallest absolute Gasteiger partial charge is 0.289 e. The zero-order valence-corrected chi connectivity index (χ0v) is 18.7. The Morgan fingerprint density at radius 1 is 0.931 bits per heavy atom. The SMILES string of the molecule is Cc1cc2nc(N(CCCN(C)C)C(=O)c3nc4ccccc4s3)sc2cc1C. The van der Waals surface area contributed by atoms with Gasteiger partial charge < -0.3 is 4.90 Å². The number of rotatable bonds is 6. The summed E-state index contributed by atoms with van der Waals surface area (Å²) in [5, 5.41) is 1.26. The lowest BCUT2D eigenvalue weighted by Crippen LogP contribution is -2.33. The molecule has 29 heavy (non-hydrogen) atoms. The number of aromatic nitrogens is 2. The summed E-state index contributed by atoms with van der Waals surface area (Å²) in [7, 11) is 4.09. The van der Waals surface area contributed by atoms with Gasteiger partial charge in [0.25, 0.3) is 5.91 Å². The van der Waals surface area contributed by atoms with Crippen molar-refractivity contribution < 1.29 is 4.79 Å². The van der Waals surface area contributed by atoms with Crippen molar-refractivity contribution in [3.05, 3.63) is 52.5 Å². The quantitative estimate of drug-likeness (QED) is 0.431. The lowest BCUT2D eigenvalue weighted by molar-refractivity contribution is 0.0986. The van der Waals surface area contributed by atoms with Crippen LogP contribution in [0.2, 0.25) is 0 Å². The summed E-state index contributed by atoms with van der Waals surface area (Å²) in [5.74, 6) is -0.0718. The lowest BCUT2D eigenvalue weighted by Gasteiger charge is -2.19. The molecule has 0 radical (unpaired) electrons. The highest BCUT2D eigenvalue weighted by molar-refractivity contribution is 7.23. The van der Waals surface area contributed by atoms with Crippen LogP contribution < -0.4 is 4.90 Å². The van der Waals surface area contributed by atoms with E-state index < -0.39 is 0 Å². The molecule has 0 aliphatic carbocycles. The van der Waals surface area contributed by atoms with Gasteiger partial charge in [-0.05, 0) is 76.3 Å². The first kappa shape index (κ1) is 19.9. The van der Waals surface area contributed by atoms with E-state index in [0.717, 1.165) is 38.5 Å². The molecule has 0 spiro atoms. The molecule has 2 aromatic carbocycles. The molecule has 0 unspecified atom stereocenters. The average Bonchev–Trinajstić information content (AvgIpc) is 3.28. The van der Waals surface area contributed by atoms with Gasteiger partial charge in [0.2, 0.25) is 0 Å². The predicted molar refractivity (Wildman–Crippen MR) is 124 cm³/mol. The lowest BCUT2D eigenvalue weighted by atomic mass is 10.1. The Bertz CT molecular complexity index is 1110. The second-order valence-electron chi connectivity index (χ2n) is 7.50. The minimum Gasteiger partial charge on any atom is -0.309 e. The Hall–Kier alpha value is -2.35. The summed E-state index contributed by atoms with van der Waals surface area (Å²) in [5.41, 5.74) is 4.27. The summed E-state index contributed by atoms with van der Waals surface area (Å²) in [6.45, 7) is 5.72. The molecule has 4 aromatic rings. The second kappa shape index (κ2) is 8.18. The van der Waals surface area contributed by atoms with Gasteiger partial charge in [-0.1, -0.05) is 23.5 Å². The third-order valence-corrected chi connectivity index (χ3v) is 7.00. The number of amides is 1. The third-order valence-electron chi connectivity index (χ3n) is 4.93. The van der Waals surface area contributed by atoms with Crippen molar-refractivity contribution in [2.24, 2.45) is 0 Å². The van der Waals surface area contributed by atoms with Gasteiger partial charge in [0.05, 0.1) is 20.4 Å². The molecule has 0 saturated carbocycles. The molecule has 0 saturated heterocycles. The van der Waals surface area contributed by atoms with Gasteiger partial charge in [0, 0.05) is 6.54 Å². The van der Waals surface area contributed by atoms with Crippen LogP contribution in [0.25, 0.3) is 20.4 Å². The zero-order chi connectivity index (χ0) is 20.5. The van der Waals surface area contributed by atoms with Crippen LogP contribution in [0.5, 0.6) is 0 Å². The minimum absolute atomic E-state index is 0.0718. The maximum Gasteiger partial charge on any atom is 0.289 e. The van der Waals surface area contributed by atoms with Gasteiger partial charge in [-0.15, -0.1) is 11.3 Å². The number of aryl methyl sites for hydroxylation is 2. The number of benzene rings is 2. The molecule has 0 atom stereocenters. The Morgan fingerprint density at radius 3 is 2.45 bits per heavy atom. The molecular weight excluding hydrogens is 400 g/mol. The van der Waals surface area contributed by atoms with E-state index in [1.807, 2.05) is 38.4 Å². The molecule has 0 aliphatic rings. The molecule has 7 heteroatoms. The molecule has 0 fully saturated rings. The van der Waals surface area contributed by atoms with Crippen LogP contribution in [0.3, 0.4) is 0 Å². The Labute approximate surface area is 178 Å². The largest absolute Gasteiger partial charge is 0.309 e. The number of thiazole rings is 2.